The SMILES string of the molecule is Cc1nc(=S)c2[nH]cnc2[nH]1.[Na].[Na]. The van der Waals surface area contributed by atoms with Crippen LogP contribution in [-0.2, 0) is 0 Å². The third-order valence-corrected chi connectivity index (χ3v) is 1.72. The molecule has 58 valence electrons. The molecule has 0 aliphatic rings. The zero-order valence-electron chi connectivity index (χ0n) is 7.88. The number of nitrogens with zero attached hydrogens (tertiary/aromatic N) is 2. The topological polar surface area (TPSA) is 57.4 Å². The minimum atomic E-state index is 0. The van der Waals surface area contributed by atoms with Crippen molar-refractivity contribution in [3.63, 3.8) is 0 Å². The Hall–Kier alpha value is 0.770. The van der Waals surface area contributed by atoms with Gasteiger partial charge >= 0.3 is 0 Å². The second-order valence-electron chi connectivity index (χ2n) is 2.25. The van der Waals surface area contributed by atoms with Crippen LogP contribution >= 0.6 is 12.2 Å². The minimum absolute atomic E-state index is 0. The van der Waals surface area contributed by atoms with E-state index < -0.39 is 0 Å². The third-order valence-electron chi connectivity index (χ3n) is 1.42. The molecule has 4 nitrogen and oxygen atoms in total. The monoisotopic (exact) mass is 212 g/mol. The molecular weight excluding hydrogens is 206 g/mol. The van der Waals surface area contributed by atoms with Crippen LogP contribution in [0, 0.1) is 11.6 Å². The Morgan fingerprint density at radius 2 is 2.08 bits per heavy atom. The smallest absolute Gasteiger partial charge is 0.159 e. The van der Waals surface area contributed by atoms with Crippen LogP contribution < -0.4 is 0 Å². The van der Waals surface area contributed by atoms with E-state index in [4.69, 9.17) is 12.2 Å². The molecule has 7 heteroatoms. The average Bonchev–Trinajstić information content (AvgIpc) is 2.34. The molecule has 0 amide bonds. The van der Waals surface area contributed by atoms with Crippen molar-refractivity contribution in [2.45, 2.75) is 6.92 Å². The first-order chi connectivity index (χ1) is 5.27. The molecule has 0 bridgehead atoms. The number of imidazole rings is 1. The van der Waals surface area contributed by atoms with Crippen molar-refractivity contribution in [3.8, 4) is 0 Å². The van der Waals surface area contributed by atoms with E-state index in [9.17, 15) is 0 Å². The van der Waals surface area contributed by atoms with Crippen LogP contribution in [0.5, 0.6) is 0 Å². The van der Waals surface area contributed by atoms with Crippen molar-refractivity contribution in [2.24, 2.45) is 0 Å². The van der Waals surface area contributed by atoms with E-state index in [2.05, 4.69) is 19.9 Å². The maximum atomic E-state index is 4.99. The van der Waals surface area contributed by atoms with Gasteiger partial charge in [-0.05, 0) is 6.92 Å². The van der Waals surface area contributed by atoms with Crippen molar-refractivity contribution >= 4 is 82.5 Å². The van der Waals surface area contributed by atoms with E-state index in [0.29, 0.717) is 4.64 Å². The molecule has 0 saturated carbocycles. The van der Waals surface area contributed by atoms with Gasteiger partial charge in [-0.2, -0.15) is 0 Å². The third kappa shape index (κ3) is 2.86. The number of hydrogen-bond donors (Lipinski definition) is 2. The van der Waals surface area contributed by atoms with E-state index in [-0.39, 0.29) is 59.1 Å². The number of aromatic nitrogens is 4. The summed E-state index contributed by atoms with van der Waals surface area (Å²) in [6.07, 6.45) is 1.60. The van der Waals surface area contributed by atoms with Gasteiger partial charge in [0.25, 0.3) is 0 Å². The summed E-state index contributed by atoms with van der Waals surface area (Å²) in [5.74, 6) is 0.787. The Labute approximate surface area is 125 Å². The van der Waals surface area contributed by atoms with E-state index in [0.717, 1.165) is 17.0 Å². The molecule has 2 aromatic heterocycles. The second kappa shape index (κ2) is 5.60. The first-order valence-corrected chi connectivity index (χ1v) is 3.58. The minimum Gasteiger partial charge on any atom is -0.341 e. The largest absolute Gasteiger partial charge is 0.341 e. The zero-order chi connectivity index (χ0) is 7.84. The molecule has 0 aromatic carbocycles. The summed E-state index contributed by atoms with van der Waals surface area (Å²) in [5.41, 5.74) is 1.56. The predicted molar refractivity (Wildman–Crippen MR) is 55.3 cm³/mol. The molecule has 0 unspecified atom stereocenters. The van der Waals surface area contributed by atoms with Crippen molar-refractivity contribution < 1.29 is 0 Å². The predicted octanol–water partition coefficient (Wildman–Crippen LogP) is 0.562. The van der Waals surface area contributed by atoms with Crippen LogP contribution in [0.25, 0.3) is 11.2 Å². The maximum absolute atomic E-state index is 4.99. The Kier molecular flexibility index (Phi) is 5.93. The van der Waals surface area contributed by atoms with Gasteiger partial charge in [0.15, 0.2) is 10.3 Å². The van der Waals surface area contributed by atoms with E-state index in [1.165, 1.54) is 0 Å². The summed E-state index contributed by atoms with van der Waals surface area (Å²) in [5, 5.41) is 0. The molecule has 2 rings (SSSR count). The summed E-state index contributed by atoms with van der Waals surface area (Å²) in [7, 11) is 0. The average molecular weight is 212 g/mol. The van der Waals surface area contributed by atoms with Gasteiger partial charge in [0.05, 0.1) is 6.33 Å². The first-order valence-electron chi connectivity index (χ1n) is 3.17. The van der Waals surface area contributed by atoms with Crippen molar-refractivity contribution in [1.82, 2.24) is 19.9 Å². The van der Waals surface area contributed by atoms with Gasteiger partial charge in [0, 0.05) is 59.1 Å². The molecule has 2 N–H and O–H groups in total. The summed E-state index contributed by atoms with van der Waals surface area (Å²) in [4.78, 5) is 14.0. The number of aryl methyl sites for hydroxylation is 1. The maximum Gasteiger partial charge on any atom is 0.159 e. The number of rotatable bonds is 0. The van der Waals surface area contributed by atoms with Crippen molar-refractivity contribution in [2.75, 3.05) is 0 Å². The van der Waals surface area contributed by atoms with Crippen LogP contribution in [0.1, 0.15) is 5.82 Å². The van der Waals surface area contributed by atoms with Gasteiger partial charge in [-0.15, -0.1) is 0 Å². The van der Waals surface area contributed by atoms with Crippen molar-refractivity contribution in [3.05, 3.63) is 16.8 Å². The fourth-order valence-corrected chi connectivity index (χ4v) is 1.25. The van der Waals surface area contributed by atoms with E-state index >= 15 is 0 Å². The number of aromatic amines is 2. The standard InChI is InChI=1S/C6H6N4S.2Na/c1-3-9-5-4(6(11)10-3)7-2-8-5;;/h2H,1H3,(H2,7,8,9,10,11);;. The number of nitrogens with one attached hydrogen (secondary N) is 2. The van der Waals surface area contributed by atoms with Gasteiger partial charge in [0.2, 0.25) is 0 Å². The molecule has 0 saturated heterocycles. The summed E-state index contributed by atoms with van der Waals surface area (Å²) in [6, 6.07) is 0. The zero-order valence-corrected chi connectivity index (χ0v) is 12.7. The molecule has 0 fully saturated rings. The normalized spacial score (nSPS) is 9.00. The van der Waals surface area contributed by atoms with E-state index in [1.807, 2.05) is 6.92 Å². The number of fused-ring (bicyclic) bond motifs is 1. The molecule has 0 atom stereocenters. The van der Waals surface area contributed by atoms with Gasteiger partial charge < -0.3 is 9.97 Å². The molecular formula is C6H6N4Na2S. The Bertz CT molecular complexity index is 449. The fourth-order valence-electron chi connectivity index (χ4n) is 0.960. The van der Waals surface area contributed by atoms with Crippen LogP contribution in [0.2, 0.25) is 0 Å². The molecule has 13 heavy (non-hydrogen) atoms. The number of hydrogen-bond acceptors (Lipinski definition) is 3. The van der Waals surface area contributed by atoms with Crippen molar-refractivity contribution in [1.29, 1.82) is 0 Å². The van der Waals surface area contributed by atoms with Gasteiger partial charge in [-0.1, -0.05) is 12.2 Å². The van der Waals surface area contributed by atoms with Crippen LogP contribution in [0.3, 0.4) is 0 Å². The molecule has 0 aliphatic carbocycles. The van der Waals surface area contributed by atoms with Gasteiger partial charge in [0.1, 0.15) is 11.3 Å². The quantitative estimate of drug-likeness (QED) is 0.495. The summed E-state index contributed by atoms with van der Waals surface area (Å²) < 4.78 is 0.564. The molecule has 2 heterocycles. The number of H-pyrrole nitrogens is 2. The molecule has 2 aromatic rings. The van der Waals surface area contributed by atoms with Crippen LogP contribution in [0.4, 0.5) is 0 Å². The molecule has 2 radical (unpaired) electrons. The Morgan fingerprint density at radius 3 is 2.77 bits per heavy atom. The Balaban J connectivity index is 0.000000720. The molecule has 0 aliphatic heterocycles. The van der Waals surface area contributed by atoms with Crippen LogP contribution in [0.15, 0.2) is 6.33 Å². The van der Waals surface area contributed by atoms with Crippen LogP contribution in [-0.4, -0.2) is 79.1 Å². The Morgan fingerprint density at radius 1 is 1.38 bits per heavy atom. The second-order valence-corrected chi connectivity index (χ2v) is 2.64. The fraction of sp³-hybridized carbons (Fsp3) is 0.167. The van der Waals surface area contributed by atoms with Gasteiger partial charge in [-0.25, -0.2) is 9.97 Å². The van der Waals surface area contributed by atoms with E-state index in [1.54, 1.807) is 6.33 Å². The van der Waals surface area contributed by atoms with Gasteiger partial charge in [-0.3, -0.25) is 0 Å². The summed E-state index contributed by atoms with van der Waals surface area (Å²) in [6.45, 7) is 1.85. The first kappa shape index (κ1) is 13.8. The summed E-state index contributed by atoms with van der Waals surface area (Å²) >= 11 is 4.99. The molecule has 0 spiro atoms.